The second-order valence-corrected chi connectivity index (χ2v) is 6.11. The lowest BCUT2D eigenvalue weighted by Gasteiger charge is -2.05. The predicted molar refractivity (Wildman–Crippen MR) is 75.4 cm³/mol. The largest absolute Gasteiger partial charge is 0.326 e. The summed E-state index contributed by atoms with van der Waals surface area (Å²) < 4.78 is 0.877. The van der Waals surface area contributed by atoms with Crippen molar-refractivity contribution >= 4 is 50.5 Å². The van der Waals surface area contributed by atoms with Crippen LogP contribution in [0.25, 0.3) is 10.4 Å². The van der Waals surface area contributed by atoms with E-state index < -0.39 is 0 Å². The van der Waals surface area contributed by atoms with Crippen LogP contribution >= 0.6 is 50.5 Å². The Bertz CT molecular complexity index is 501. The molecule has 0 aliphatic rings. The first-order valence-corrected chi connectivity index (χ1v) is 6.92. The molecule has 1 nitrogen and oxygen atoms in total. The summed E-state index contributed by atoms with van der Waals surface area (Å²) in [5.74, 6) is 0. The molecule has 0 atom stereocenters. The van der Waals surface area contributed by atoms with Crippen molar-refractivity contribution in [3.05, 3.63) is 43.7 Å². The van der Waals surface area contributed by atoms with E-state index in [4.69, 9.17) is 28.9 Å². The minimum Gasteiger partial charge on any atom is -0.326 e. The minimum atomic E-state index is 0.538. The van der Waals surface area contributed by atoms with E-state index in [2.05, 4.69) is 15.9 Å². The molecule has 0 fully saturated rings. The second-order valence-electron chi connectivity index (χ2n) is 3.21. The van der Waals surface area contributed by atoms with Gasteiger partial charge in [-0.1, -0.05) is 39.1 Å². The first-order valence-electron chi connectivity index (χ1n) is 4.55. The standard InChI is InChI=1S/C11H8BrCl2NS/c12-6-3-8(13)11(9(14)4-6)10-2-1-7(5-15)16-10/h1-4H,5,15H2. The van der Waals surface area contributed by atoms with Crippen LogP contribution in [-0.2, 0) is 6.54 Å². The van der Waals surface area contributed by atoms with Gasteiger partial charge in [0.15, 0.2) is 0 Å². The normalized spacial score (nSPS) is 10.8. The Hall–Kier alpha value is -0.0600. The summed E-state index contributed by atoms with van der Waals surface area (Å²) in [6.45, 7) is 0.538. The molecule has 5 heteroatoms. The lowest BCUT2D eigenvalue weighted by molar-refractivity contribution is 1.11. The maximum Gasteiger partial charge on any atom is 0.0518 e. The maximum absolute atomic E-state index is 6.18. The van der Waals surface area contributed by atoms with Gasteiger partial charge in [0, 0.05) is 26.3 Å². The quantitative estimate of drug-likeness (QED) is 0.825. The molecule has 1 aromatic carbocycles. The van der Waals surface area contributed by atoms with Crippen molar-refractivity contribution in [3.63, 3.8) is 0 Å². The number of benzene rings is 1. The number of halogens is 3. The van der Waals surface area contributed by atoms with E-state index in [0.717, 1.165) is 19.8 Å². The predicted octanol–water partition coefficient (Wildman–Crippen LogP) is 4.94. The zero-order chi connectivity index (χ0) is 11.7. The highest BCUT2D eigenvalue weighted by atomic mass is 79.9. The topological polar surface area (TPSA) is 26.0 Å². The SMILES string of the molecule is NCc1ccc(-c2c(Cl)cc(Br)cc2Cl)s1. The van der Waals surface area contributed by atoms with Crippen LogP contribution in [0.15, 0.2) is 28.7 Å². The van der Waals surface area contributed by atoms with E-state index in [1.165, 1.54) is 0 Å². The Kier molecular flexibility index (Phi) is 3.93. The van der Waals surface area contributed by atoms with Crippen molar-refractivity contribution in [2.24, 2.45) is 5.73 Å². The van der Waals surface area contributed by atoms with Crippen molar-refractivity contribution in [1.82, 2.24) is 0 Å². The van der Waals surface area contributed by atoms with E-state index in [9.17, 15) is 0 Å². The van der Waals surface area contributed by atoms with Gasteiger partial charge in [0.2, 0.25) is 0 Å². The number of thiophene rings is 1. The third-order valence-electron chi connectivity index (χ3n) is 2.12. The van der Waals surface area contributed by atoms with Gasteiger partial charge in [0.1, 0.15) is 0 Å². The molecule has 16 heavy (non-hydrogen) atoms. The van der Waals surface area contributed by atoms with E-state index >= 15 is 0 Å². The molecule has 0 amide bonds. The molecule has 0 saturated heterocycles. The summed E-state index contributed by atoms with van der Waals surface area (Å²) in [5.41, 5.74) is 6.45. The van der Waals surface area contributed by atoms with E-state index in [1.54, 1.807) is 11.3 Å². The van der Waals surface area contributed by atoms with Crippen LogP contribution < -0.4 is 5.73 Å². The van der Waals surface area contributed by atoms with Crippen LogP contribution in [0.1, 0.15) is 4.88 Å². The molecule has 0 saturated carbocycles. The monoisotopic (exact) mass is 335 g/mol. The Morgan fingerprint density at radius 1 is 1.19 bits per heavy atom. The van der Waals surface area contributed by atoms with Crippen LogP contribution in [0.4, 0.5) is 0 Å². The van der Waals surface area contributed by atoms with Gasteiger partial charge in [0.25, 0.3) is 0 Å². The molecular formula is C11H8BrCl2NS. The van der Waals surface area contributed by atoms with Crippen LogP contribution in [0.3, 0.4) is 0 Å². The van der Waals surface area contributed by atoms with Crippen molar-refractivity contribution < 1.29 is 0 Å². The zero-order valence-corrected chi connectivity index (χ0v) is 12.1. The van der Waals surface area contributed by atoms with Crippen molar-refractivity contribution in [2.45, 2.75) is 6.54 Å². The van der Waals surface area contributed by atoms with Gasteiger partial charge in [0.05, 0.1) is 10.0 Å². The molecule has 0 bridgehead atoms. The summed E-state index contributed by atoms with van der Waals surface area (Å²) in [5, 5.41) is 1.29. The molecule has 2 rings (SSSR count). The Morgan fingerprint density at radius 2 is 1.81 bits per heavy atom. The maximum atomic E-state index is 6.18. The Morgan fingerprint density at radius 3 is 2.31 bits per heavy atom. The first kappa shape index (κ1) is 12.4. The summed E-state index contributed by atoms with van der Waals surface area (Å²) in [6, 6.07) is 7.66. The van der Waals surface area contributed by atoms with E-state index in [0.29, 0.717) is 16.6 Å². The summed E-state index contributed by atoms with van der Waals surface area (Å²) in [6.07, 6.45) is 0. The number of hydrogen-bond acceptors (Lipinski definition) is 2. The molecule has 2 aromatic rings. The summed E-state index contributed by atoms with van der Waals surface area (Å²) in [4.78, 5) is 2.16. The highest BCUT2D eigenvalue weighted by molar-refractivity contribution is 9.10. The fourth-order valence-electron chi connectivity index (χ4n) is 1.40. The third-order valence-corrected chi connectivity index (χ3v) is 4.30. The highest BCUT2D eigenvalue weighted by Gasteiger charge is 2.11. The van der Waals surface area contributed by atoms with E-state index in [1.807, 2.05) is 24.3 Å². The van der Waals surface area contributed by atoms with Crippen LogP contribution in [-0.4, -0.2) is 0 Å². The Balaban J connectivity index is 2.55. The molecule has 0 aliphatic heterocycles. The van der Waals surface area contributed by atoms with Crippen molar-refractivity contribution in [2.75, 3.05) is 0 Å². The number of nitrogens with two attached hydrogens (primary N) is 1. The van der Waals surface area contributed by atoms with Crippen LogP contribution in [0.2, 0.25) is 10.0 Å². The van der Waals surface area contributed by atoms with Gasteiger partial charge in [-0.3, -0.25) is 0 Å². The molecule has 0 spiro atoms. The van der Waals surface area contributed by atoms with Crippen LogP contribution in [0.5, 0.6) is 0 Å². The zero-order valence-electron chi connectivity index (χ0n) is 8.14. The van der Waals surface area contributed by atoms with Gasteiger partial charge in [-0.25, -0.2) is 0 Å². The fraction of sp³-hybridized carbons (Fsp3) is 0.0909. The molecule has 0 radical (unpaired) electrons. The van der Waals surface area contributed by atoms with Gasteiger partial charge in [-0.2, -0.15) is 0 Å². The minimum absolute atomic E-state index is 0.538. The smallest absolute Gasteiger partial charge is 0.0518 e. The van der Waals surface area contributed by atoms with Gasteiger partial charge in [-0.15, -0.1) is 11.3 Å². The summed E-state index contributed by atoms with van der Waals surface area (Å²) >= 11 is 17.3. The molecule has 2 N–H and O–H groups in total. The van der Waals surface area contributed by atoms with Crippen LogP contribution in [0, 0.1) is 0 Å². The summed E-state index contributed by atoms with van der Waals surface area (Å²) in [7, 11) is 0. The lowest BCUT2D eigenvalue weighted by atomic mass is 10.2. The van der Waals surface area contributed by atoms with Gasteiger partial charge < -0.3 is 5.73 Å². The van der Waals surface area contributed by atoms with Gasteiger partial charge in [-0.05, 0) is 24.3 Å². The molecule has 1 heterocycles. The average Bonchev–Trinajstić information content (AvgIpc) is 2.64. The number of rotatable bonds is 2. The molecule has 0 unspecified atom stereocenters. The van der Waals surface area contributed by atoms with E-state index in [-0.39, 0.29) is 0 Å². The average molecular weight is 337 g/mol. The van der Waals surface area contributed by atoms with Crippen molar-refractivity contribution in [1.29, 1.82) is 0 Å². The van der Waals surface area contributed by atoms with Crippen molar-refractivity contribution in [3.8, 4) is 10.4 Å². The fourth-order valence-corrected chi connectivity index (χ4v) is 3.88. The molecule has 1 aromatic heterocycles. The third kappa shape index (κ3) is 2.44. The highest BCUT2D eigenvalue weighted by Crippen LogP contribution is 2.40. The molecule has 84 valence electrons. The van der Waals surface area contributed by atoms with Gasteiger partial charge >= 0.3 is 0 Å². The Labute approximate surface area is 116 Å². The lowest BCUT2D eigenvalue weighted by Crippen LogP contribution is -1.91. The number of hydrogen-bond donors (Lipinski definition) is 1. The molecule has 0 aliphatic carbocycles. The first-order chi connectivity index (χ1) is 7.61. The second kappa shape index (κ2) is 5.07. The molecular weight excluding hydrogens is 329 g/mol.